The smallest absolute Gasteiger partial charge is 0.221 e. The van der Waals surface area contributed by atoms with Gasteiger partial charge in [-0.2, -0.15) is 0 Å². The van der Waals surface area contributed by atoms with E-state index in [-0.39, 0.29) is 29.9 Å². The highest BCUT2D eigenvalue weighted by Crippen LogP contribution is 2.19. The number of benzene rings is 1. The molecule has 0 radical (unpaired) electrons. The SMILES string of the molecule is CCCNC(=O)CCN=C(NCC)NCCc1cc(C)ccc1OC.I. The maximum absolute atomic E-state index is 11.6. The van der Waals surface area contributed by atoms with Gasteiger partial charge in [0.1, 0.15) is 5.75 Å². The molecule has 0 saturated heterocycles. The van der Waals surface area contributed by atoms with Crippen molar-refractivity contribution in [3.63, 3.8) is 0 Å². The molecule has 26 heavy (non-hydrogen) atoms. The fraction of sp³-hybridized carbons (Fsp3) is 0.579. The Balaban J connectivity index is 0.00000625. The Bertz CT molecular complexity index is 564. The monoisotopic (exact) mass is 476 g/mol. The fourth-order valence-corrected chi connectivity index (χ4v) is 2.38. The molecule has 0 aliphatic carbocycles. The number of nitrogens with zero attached hydrogens (tertiary/aromatic N) is 1. The Labute approximate surface area is 174 Å². The Kier molecular flexibility index (Phi) is 13.8. The first-order valence-electron chi connectivity index (χ1n) is 9.03. The van der Waals surface area contributed by atoms with Crippen molar-refractivity contribution in [1.82, 2.24) is 16.0 Å². The maximum atomic E-state index is 11.6. The summed E-state index contributed by atoms with van der Waals surface area (Å²) in [5.41, 5.74) is 2.39. The lowest BCUT2D eigenvalue weighted by molar-refractivity contribution is -0.120. The minimum Gasteiger partial charge on any atom is -0.496 e. The van der Waals surface area contributed by atoms with Gasteiger partial charge in [-0.05, 0) is 38.3 Å². The van der Waals surface area contributed by atoms with Gasteiger partial charge in [0.2, 0.25) is 5.91 Å². The van der Waals surface area contributed by atoms with Gasteiger partial charge in [-0.1, -0.05) is 24.6 Å². The van der Waals surface area contributed by atoms with E-state index in [1.165, 1.54) is 11.1 Å². The molecule has 0 atom stereocenters. The lowest BCUT2D eigenvalue weighted by atomic mass is 10.1. The average Bonchev–Trinajstić information content (AvgIpc) is 2.60. The van der Waals surface area contributed by atoms with Gasteiger partial charge in [0.25, 0.3) is 0 Å². The van der Waals surface area contributed by atoms with E-state index in [4.69, 9.17) is 4.74 Å². The number of amides is 1. The summed E-state index contributed by atoms with van der Waals surface area (Å²) in [6.07, 6.45) is 2.19. The summed E-state index contributed by atoms with van der Waals surface area (Å²) < 4.78 is 5.41. The number of ether oxygens (including phenoxy) is 1. The number of methoxy groups -OCH3 is 1. The van der Waals surface area contributed by atoms with E-state index < -0.39 is 0 Å². The highest BCUT2D eigenvalue weighted by molar-refractivity contribution is 14.0. The zero-order valence-electron chi connectivity index (χ0n) is 16.4. The lowest BCUT2D eigenvalue weighted by Crippen LogP contribution is -2.38. The predicted molar refractivity (Wildman–Crippen MR) is 119 cm³/mol. The van der Waals surface area contributed by atoms with Crippen molar-refractivity contribution in [2.75, 3.05) is 33.3 Å². The van der Waals surface area contributed by atoms with Crippen LogP contribution in [0.25, 0.3) is 0 Å². The van der Waals surface area contributed by atoms with Crippen molar-refractivity contribution in [3.05, 3.63) is 29.3 Å². The first kappa shape index (κ1) is 24.5. The summed E-state index contributed by atoms with van der Waals surface area (Å²) in [6.45, 7) is 8.85. The first-order chi connectivity index (χ1) is 12.1. The van der Waals surface area contributed by atoms with Crippen LogP contribution in [-0.4, -0.2) is 45.2 Å². The minimum absolute atomic E-state index is 0. The van der Waals surface area contributed by atoms with Gasteiger partial charge in [-0.15, -0.1) is 24.0 Å². The second-order valence-electron chi connectivity index (χ2n) is 5.85. The van der Waals surface area contributed by atoms with E-state index in [9.17, 15) is 4.79 Å². The number of nitrogens with one attached hydrogen (secondary N) is 3. The van der Waals surface area contributed by atoms with Gasteiger partial charge >= 0.3 is 0 Å². The number of rotatable bonds is 10. The van der Waals surface area contributed by atoms with Crippen LogP contribution in [0.4, 0.5) is 0 Å². The Morgan fingerprint density at radius 3 is 2.58 bits per heavy atom. The standard InChI is InChI=1S/C19H32N4O2.HI/c1-5-11-21-18(24)10-13-23-19(20-6-2)22-12-9-16-14-15(3)7-8-17(16)25-4;/h7-8,14H,5-6,9-13H2,1-4H3,(H,21,24)(H2,20,22,23);1H. The van der Waals surface area contributed by atoms with Crippen molar-refractivity contribution in [2.24, 2.45) is 4.99 Å². The second-order valence-corrected chi connectivity index (χ2v) is 5.85. The number of hydrogen-bond donors (Lipinski definition) is 3. The van der Waals surface area contributed by atoms with Gasteiger partial charge in [-0.25, -0.2) is 0 Å². The molecule has 0 aliphatic heterocycles. The zero-order chi connectivity index (χ0) is 18.5. The summed E-state index contributed by atoms with van der Waals surface area (Å²) in [7, 11) is 1.69. The molecule has 1 rings (SSSR count). The highest BCUT2D eigenvalue weighted by Gasteiger charge is 2.05. The normalized spacial score (nSPS) is 10.7. The molecule has 1 aromatic rings. The number of carbonyl (C=O) groups is 1. The van der Waals surface area contributed by atoms with E-state index >= 15 is 0 Å². The van der Waals surface area contributed by atoms with Gasteiger partial charge in [0, 0.05) is 26.1 Å². The van der Waals surface area contributed by atoms with Crippen LogP contribution < -0.4 is 20.7 Å². The topological polar surface area (TPSA) is 74.8 Å². The quantitative estimate of drug-likeness (QED) is 0.276. The molecule has 3 N–H and O–H groups in total. The van der Waals surface area contributed by atoms with Crippen LogP contribution in [-0.2, 0) is 11.2 Å². The number of aliphatic imine (C=N–C) groups is 1. The summed E-state index contributed by atoms with van der Waals surface area (Å²) >= 11 is 0. The highest BCUT2D eigenvalue weighted by atomic mass is 127. The summed E-state index contributed by atoms with van der Waals surface area (Å²) in [4.78, 5) is 16.1. The van der Waals surface area contributed by atoms with Crippen LogP contribution >= 0.6 is 24.0 Å². The third kappa shape index (κ3) is 9.84. The molecule has 1 aromatic carbocycles. The molecule has 0 aromatic heterocycles. The molecule has 7 heteroatoms. The molecule has 0 aliphatic rings. The van der Waals surface area contributed by atoms with Gasteiger partial charge in [0.05, 0.1) is 13.7 Å². The molecule has 0 spiro atoms. The molecule has 0 fully saturated rings. The molecule has 0 bridgehead atoms. The molecule has 0 heterocycles. The van der Waals surface area contributed by atoms with E-state index in [1.54, 1.807) is 7.11 Å². The summed E-state index contributed by atoms with van der Waals surface area (Å²) in [5.74, 6) is 1.69. The lowest BCUT2D eigenvalue weighted by Gasteiger charge is -2.13. The molecular formula is C19H33IN4O2. The van der Waals surface area contributed by atoms with Crippen molar-refractivity contribution in [2.45, 2.75) is 40.0 Å². The number of hydrogen-bond acceptors (Lipinski definition) is 3. The maximum Gasteiger partial charge on any atom is 0.221 e. The van der Waals surface area contributed by atoms with Crippen LogP contribution in [0.1, 0.15) is 37.8 Å². The van der Waals surface area contributed by atoms with Crippen LogP contribution in [0.2, 0.25) is 0 Å². The van der Waals surface area contributed by atoms with Crippen LogP contribution in [0.15, 0.2) is 23.2 Å². The van der Waals surface area contributed by atoms with Gasteiger partial charge in [0.15, 0.2) is 5.96 Å². The molecule has 148 valence electrons. The number of guanidine groups is 1. The summed E-state index contributed by atoms with van der Waals surface area (Å²) in [6, 6.07) is 6.19. The van der Waals surface area contributed by atoms with Crippen molar-refractivity contribution >= 4 is 35.8 Å². The van der Waals surface area contributed by atoms with E-state index in [2.05, 4.69) is 33.9 Å². The van der Waals surface area contributed by atoms with Crippen LogP contribution in [0.5, 0.6) is 5.75 Å². The number of aryl methyl sites for hydroxylation is 1. The third-order valence-electron chi connectivity index (χ3n) is 3.65. The molecule has 0 unspecified atom stereocenters. The molecule has 0 saturated carbocycles. The van der Waals surface area contributed by atoms with Crippen molar-refractivity contribution < 1.29 is 9.53 Å². The van der Waals surface area contributed by atoms with Crippen LogP contribution in [0, 0.1) is 6.92 Å². The Morgan fingerprint density at radius 1 is 1.15 bits per heavy atom. The van der Waals surface area contributed by atoms with Crippen LogP contribution in [0.3, 0.4) is 0 Å². The molecular weight excluding hydrogens is 443 g/mol. The zero-order valence-corrected chi connectivity index (χ0v) is 18.7. The Morgan fingerprint density at radius 2 is 1.92 bits per heavy atom. The van der Waals surface area contributed by atoms with E-state index in [0.29, 0.717) is 13.0 Å². The third-order valence-corrected chi connectivity index (χ3v) is 3.65. The second kappa shape index (κ2) is 14.6. The fourth-order valence-electron chi connectivity index (χ4n) is 2.38. The first-order valence-corrected chi connectivity index (χ1v) is 9.03. The average molecular weight is 476 g/mol. The largest absolute Gasteiger partial charge is 0.496 e. The van der Waals surface area contributed by atoms with E-state index in [1.807, 2.05) is 26.0 Å². The number of halogens is 1. The molecule has 1 amide bonds. The molecule has 6 nitrogen and oxygen atoms in total. The predicted octanol–water partition coefficient (Wildman–Crippen LogP) is 2.64. The minimum atomic E-state index is 0. The van der Waals surface area contributed by atoms with Gasteiger partial charge in [-0.3, -0.25) is 9.79 Å². The van der Waals surface area contributed by atoms with Crippen molar-refractivity contribution in [1.29, 1.82) is 0 Å². The van der Waals surface area contributed by atoms with E-state index in [0.717, 1.165) is 44.2 Å². The Hall–Kier alpha value is -1.51. The van der Waals surface area contributed by atoms with Crippen molar-refractivity contribution in [3.8, 4) is 5.75 Å². The number of carbonyl (C=O) groups excluding carboxylic acids is 1. The summed E-state index contributed by atoms with van der Waals surface area (Å²) in [5, 5.41) is 9.37. The van der Waals surface area contributed by atoms with Gasteiger partial charge < -0.3 is 20.7 Å².